The van der Waals surface area contributed by atoms with Gasteiger partial charge in [0.1, 0.15) is 0 Å². The van der Waals surface area contributed by atoms with Crippen LogP contribution in [0.15, 0.2) is 0 Å². The minimum absolute atomic E-state index is 0.167. The highest BCUT2D eigenvalue weighted by Crippen LogP contribution is 2.15. The van der Waals surface area contributed by atoms with E-state index in [2.05, 4.69) is 70.5 Å². The number of unbranched alkanes of at least 4 members (excludes halogenated alkanes) is 3. The summed E-state index contributed by atoms with van der Waals surface area (Å²) in [6, 6.07) is 0.710. The smallest absolute Gasteiger partial charge is 0.0601 e. The number of nitrogens with one attached hydrogen (secondary N) is 1. The fourth-order valence-corrected chi connectivity index (χ4v) is 3.65. The van der Waals surface area contributed by atoms with Crippen molar-refractivity contribution in [3.8, 4) is 0 Å². The highest BCUT2D eigenvalue weighted by molar-refractivity contribution is 4.80. The zero-order valence-corrected chi connectivity index (χ0v) is 20.2. The van der Waals surface area contributed by atoms with Gasteiger partial charge in [0.25, 0.3) is 0 Å². The maximum Gasteiger partial charge on any atom is 0.0601 e. The molecular weight excluding hydrogens is 330 g/mol. The molecular formula is C24H53N3. The molecule has 0 saturated carbocycles. The van der Waals surface area contributed by atoms with Gasteiger partial charge in [0, 0.05) is 11.6 Å². The Morgan fingerprint density at radius 2 is 1.15 bits per heavy atom. The second-order valence-corrected chi connectivity index (χ2v) is 9.44. The fraction of sp³-hybridized carbons (Fsp3) is 1.00. The number of rotatable bonds is 17. The van der Waals surface area contributed by atoms with E-state index < -0.39 is 0 Å². The third-order valence-corrected chi connectivity index (χ3v) is 5.57. The summed E-state index contributed by atoms with van der Waals surface area (Å²) in [5.74, 6) is 0. The zero-order valence-electron chi connectivity index (χ0n) is 20.2. The van der Waals surface area contributed by atoms with Crippen molar-refractivity contribution < 1.29 is 0 Å². The SMILES string of the molecule is CCCCN(CCCC(NC(C)(C)C)N(CCCC)CCCC)C(C)CC. The Morgan fingerprint density at radius 1 is 0.704 bits per heavy atom. The molecule has 0 bridgehead atoms. The Labute approximate surface area is 172 Å². The highest BCUT2D eigenvalue weighted by Gasteiger charge is 2.23. The summed E-state index contributed by atoms with van der Waals surface area (Å²) < 4.78 is 0. The first kappa shape index (κ1) is 26.9. The summed E-state index contributed by atoms with van der Waals surface area (Å²) in [7, 11) is 0. The molecule has 0 spiro atoms. The molecule has 27 heavy (non-hydrogen) atoms. The maximum absolute atomic E-state index is 3.94. The van der Waals surface area contributed by atoms with E-state index in [1.54, 1.807) is 0 Å². The number of hydrogen-bond acceptors (Lipinski definition) is 3. The van der Waals surface area contributed by atoms with E-state index in [1.165, 1.54) is 84.0 Å². The molecule has 3 heteroatoms. The van der Waals surface area contributed by atoms with Crippen molar-refractivity contribution in [1.82, 2.24) is 15.1 Å². The van der Waals surface area contributed by atoms with Crippen LogP contribution >= 0.6 is 0 Å². The molecule has 0 aromatic carbocycles. The molecule has 0 fully saturated rings. The molecule has 0 aromatic heterocycles. The number of nitrogens with zero attached hydrogens (tertiary/aromatic N) is 2. The first-order valence-electron chi connectivity index (χ1n) is 12.0. The predicted octanol–water partition coefficient (Wildman–Crippen LogP) is 6.28. The lowest BCUT2D eigenvalue weighted by Crippen LogP contribution is -2.53. The quantitative estimate of drug-likeness (QED) is 0.298. The van der Waals surface area contributed by atoms with Crippen LogP contribution in [0.4, 0.5) is 0 Å². The normalized spacial score (nSPS) is 14.9. The molecule has 3 nitrogen and oxygen atoms in total. The second-order valence-electron chi connectivity index (χ2n) is 9.44. The van der Waals surface area contributed by atoms with Gasteiger partial charge < -0.3 is 4.90 Å². The average Bonchev–Trinajstić information content (AvgIpc) is 2.62. The monoisotopic (exact) mass is 383 g/mol. The largest absolute Gasteiger partial charge is 0.301 e. The van der Waals surface area contributed by atoms with Gasteiger partial charge in [0.05, 0.1) is 6.17 Å². The molecule has 0 aliphatic rings. The lowest BCUT2D eigenvalue weighted by molar-refractivity contribution is 0.114. The van der Waals surface area contributed by atoms with Crippen molar-refractivity contribution in [2.24, 2.45) is 0 Å². The van der Waals surface area contributed by atoms with Crippen LogP contribution in [0.1, 0.15) is 113 Å². The van der Waals surface area contributed by atoms with E-state index in [0.717, 1.165) is 0 Å². The molecule has 2 unspecified atom stereocenters. The first-order chi connectivity index (χ1) is 12.8. The lowest BCUT2D eigenvalue weighted by atomic mass is 10.1. The van der Waals surface area contributed by atoms with E-state index in [0.29, 0.717) is 12.2 Å². The second kappa shape index (κ2) is 15.8. The molecule has 0 radical (unpaired) electrons. The Balaban J connectivity index is 4.89. The summed E-state index contributed by atoms with van der Waals surface area (Å²) in [4.78, 5) is 5.46. The van der Waals surface area contributed by atoms with Crippen molar-refractivity contribution in [3.05, 3.63) is 0 Å². The van der Waals surface area contributed by atoms with Gasteiger partial charge in [0.15, 0.2) is 0 Å². The van der Waals surface area contributed by atoms with Crippen LogP contribution in [0.25, 0.3) is 0 Å². The summed E-state index contributed by atoms with van der Waals surface area (Å²) in [5.41, 5.74) is 0.167. The summed E-state index contributed by atoms with van der Waals surface area (Å²) >= 11 is 0. The molecule has 0 aliphatic carbocycles. The van der Waals surface area contributed by atoms with E-state index in [1.807, 2.05) is 0 Å². The average molecular weight is 384 g/mol. The lowest BCUT2D eigenvalue weighted by Gasteiger charge is -2.38. The summed E-state index contributed by atoms with van der Waals surface area (Å²) in [5, 5.41) is 3.94. The van der Waals surface area contributed by atoms with Crippen molar-refractivity contribution in [2.45, 2.75) is 131 Å². The first-order valence-corrected chi connectivity index (χ1v) is 12.0. The van der Waals surface area contributed by atoms with Gasteiger partial charge in [-0.1, -0.05) is 47.0 Å². The van der Waals surface area contributed by atoms with E-state index in [9.17, 15) is 0 Å². The van der Waals surface area contributed by atoms with Crippen LogP contribution in [0.3, 0.4) is 0 Å². The third-order valence-electron chi connectivity index (χ3n) is 5.57. The molecule has 0 aromatic rings. The van der Waals surface area contributed by atoms with Crippen molar-refractivity contribution in [3.63, 3.8) is 0 Å². The Bertz CT molecular complexity index is 316. The minimum atomic E-state index is 0.167. The van der Waals surface area contributed by atoms with Crippen LogP contribution < -0.4 is 5.32 Å². The van der Waals surface area contributed by atoms with Crippen LogP contribution in [0.5, 0.6) is 0 Å². The van der Waals surface area contributed by atoms with Gasteiger partial charge in [-0.2, -0.15) is 0 Å². The molecule has 2 atom stereocenters. The molecule has 0 heterocycles. The van der Waals surface area contributed by atoms with Gasteiger partial charge in [0.2, 0.25) is 0 Å². The van der Waals surface area contributed by atoms with Crippen LogP contribution in [-0.2, 0) is 0 Å². The number of hydrogen-bond donors (Lipinski definition) is 1. The van der Waals surface area contributed by atoms with Crippen LogP contribution in [0, 0.1) is 0 Å². The van der Waals surface area contributed by atoms with Gasteiger partial charge in [-0.25, -0.2) is 0 Å². The molecule has 164 valence electrons. The predicted molar refractivity (Wildman–Crippen MR) is 124 cm³/mol. The van der Waals surface area contributed by atoms with E-state index in [-0.39, 0.29) is 5.54 Å². The summed E-state index contributed by atoms with van der Waals surface area (Å²) in [6.07, 6.45) is 12.1. The van der Waals surface area contributed by atoms with Crippen LogP contribution in [-0.4, -0.2) is 53.7 Å². The Morgan fingerprint density at radius 3 is 1.56 bits per heavy atom. The van der Waals surface area contributed by atoms with E-state index in [4.69, 9.17) is 0 Å². The third kappa shape index (κ3) is 13.7. The Kier molecular flexibility index (Phi) is 15.7. The van der Waals surface area contributed by atoms with Crippen molar-refractivity contribution in [1.29, 1.82) is 0 Å². The van der Waals surface area contributed by atoms with Gasteiger partial charge in [-0.15, -0.1) is 0 Å². The zero-order chi connectivity index (χ0) is 20.7. The van der Waals surface area contributed by atoms with Gasteiger partial charge >= 0.3 is 0 Å². The fourth-order valence-electron chi connectivity index (χ4n) is 3.65. The molecule has 1 N–H and O–H groups in total. The standard InChI is InChI=1S/C24H53N3/c1-9-13-18-26(22(5)12-4)21-16-17-23(25-24(6,7)8)27(19-14-10-2)20-15-11-3/h22-23,25H,9-21H2,1-8H3. The van der Waals surface area contributed by atoms with E-state index >= 15 is 0 Å². The van der Waals surface area contributed by atoms with Crippen molar-refractivity contribution in [2.75, 3.05) is 26.2 Å². The van der Waals surface area contributed by atoms with Crippen molar-refractivity contribution >= 4 is 0 Å². The molecule has 0 amide bonds. The maximum atomic E-state index is 3.94. The molecule has 0 aliphatic heterocycles. The summed E-state index contributed by atoms with van der Waals surface area (Å²) in [6.45, 7) is 23.5. The van der Waals surface area contributed by atoms with Gasteiger partial charge in [-0.05, 0) is 92.4 Å². The minimum Gasteiger partial charge on any atom is -0.301 e. The van der Waals surface area contributed by atoms with Crippen LogP contribution in [0.2, 0.25) is 0 Å². The van der Waals surface area contributed by atoms with Gasteiger partial charge in [-0.3, -0.25) is 10.2 Å². The molecule has 0 rings (SSSR count). The highest BCUT2D eigenvalue weighted by atomic mass is 15.3. The topological polar surface area (TPSA) is 18.5 Å². The molecule has 0 saturated heterocycles. The Hall–Kier alpha value is -0.120.